The molecule has 13 amide bonds. The van der Waals surface area contributed by atoms with E-state index in [-0.39, 0.29) is 126 Å². The summed E-state index contributed by atoms with van der Waals surface area (Å²) >= 11 is 0. The van der Waals surface area contributed by atoms with E-state index in [1.807, 2.05) is 76.2 Å². The van der Waals surface area contributed by atoms with Crippen molar-refractivity contribution in [1.82, 2.24) is 69.1 Å². The lowest BCUT2D eigenvalue weighted by Crippen LogP contribution is -2.62. The van der Waals surface area contributed by atoms with Crippen LogP contribution in [0.5, 0.6) is 0 Å². The van der Waals surface area contributed by atoms with Gasteiger partial charge in [-0.3, -0.25) is 71.9 Å². The number of unbranched alkanes of at least 4 members (excludes halogenated alkanes) is 2. The molecule has 0 unspecified atom stereocenters. The maximum atomic E-state index is 15.7. The quantitative estimate of drug-likeness (QED) is 0.00959. The average Bonchev–Trinajstić information content (AvgIpc) is 0.861. The maximum Gasteiger partial charge on any atom is 0.308 e. The van der Waals surface area contributed by atoms with E-state index in [4.69, 9.17) is 15.9 Å². The second kappa shape index (κ2) is 59.1. The molecule has 0 aliphatic heterocycles. The van der Waals surface area contributed by atoms with Crippen LogP contribution in [-0.4, -0.2) is 168 Å². The molecular weight excluding hydrogens is 1740 g/mol. The molecule has 0 aliphatic carbocycles. The van der Waals surface area contributed by atoms with Gasteiger partial charge < -0.3 is 78.6 Å². The van der Waals surface area contributed by atoms with Gasteiger partial charge in [0.2, 0.25) is 76.8 Å². The van der Waals surface area contributed by atoms with E-state index in [9.17, 15) is 38.4 Å². The van der Waals surface area contributed by atoms with Crippen LogP contribution >= 0.6 is 0 Å². The fraction of sp³-hybridized carbons (Fsp3) is 0.449. The van der Waals surface area contributed by atoms with Crippen molar-refractivity contribution in [3.63, 3.8) is 0 Å². The first-order chi connectivity index (χ1) is 65.6. The lowest BCUT2D eigenvalue weighted by atomic mass is 9.97. The zero-order valence-corrected chi connectivity index (χ0v) is 80.7. The molecule has 0 saturated heterocycles. The van der Waals surface area contributed by atoms with Crippen LogP contribution in [0.4, 0.5) is 0 Å². The number of hydrogen-bond acceptors (Lipinski definition) is 17. The van der Waals surface area contributed by atoms with E-state index >= 15 is 33.6 Å². The van der Waals surface area contributed by atoms with Crippen molar-refractivity contribution in [2.45, 2.75) is 271 Å². The molecule has 30 heteroatoms. The molecule has 12 atom stereocenters. The molecule has 0 spiro atoms. The van der Waals surface area contributed by atoms with Gasteiger partial charge in [0.05, 0.1) is 12.8 Å². The minimum atomic E-state index is -1.83. The first-order valence-electron chi connectivity index (χ1n) is 47.6. The molecule has 13 N–H and O–H groups in total. The van der Waals surface area contributed by atoms with Gasteiger partial charge in [-0.25, -0.2) is 0 Å². The number of nitrogens with one attached hydrogen (secondary N) is 13. The van der Waals surface area contributed by atoms with Gasteiger partial charge in [-0.1, -0.05) is 295 Å². The number of carbonyl (C=O) groups excluding carboxylic acids is 15. The molecule has 7 aromatic rings. The Morgan fingerprint density at radius 2 is 0.467 bits per heavy atom. The van der Waals surface area contributed by atoms with E-state index in [2.05, 4.69) is 75.0 Å². The standard InChI is InChI=1S/C107H139N13O17/c1-13-15-24-53-93(121)109-81(55-69(3)4)97(125)110-82(56-70(5)6)98(126)111-83(57-71(7)8)99(127)112-84(58-72(9)10)100(128)113-85(59-73(11)12)101(129)114-86(60-74-39-25-17-26-40-74)102(130)115-87(61-75-41-27-18-28-42-75)103(131)116-88(62-76-43-29-19-30-44-76)104(132)117-89(63-77-45-31-20-32-46-77)105(133)118-90(64-78-47-33-21-34-48-78)106(134)120-92(66-95(123)137-68-80-51-37-23-38-52-80)107(135)119-91(96(124)108-54-16-14-2)65-94(122)136-67-79-49-35-22-36-50-79/h1,17-23,25-52,69-73,81-92H,14-16,24,53-68H2,2-12H3,(H,108,124)(H,109,121)(H,110,125)(H,111,126)(H,112,127)(H,113,128)(H,114,129)(H,115,130)(H,116,131)(H,117,132)(H,118,133)(H,119,135)(H,120,134)/t81-,82-,83-,84-,85-,86+,87+,88+,89+,90+,91+,92-/m1/s1. The van der Waals surface area contributed by atoms with Crippen molar-refractivity contribution in [1.29, 1.82) is 0 Å². The number of terminal acetylenes is 1. The Morgan fingerprint density at radius 3 is 0.701 bits per heavy atom. The number of benzene rings is 7. The van der Waals surface area contributed by atoms with Crippen LogP contribution in [0.15, 0.2) is 212 Å². The highest BCUT2D eigenvalue weighted by Gasteiger charge is 2.40. The van der Waals surface area contributed by atoms with Gasteiger partial charge in [0.15, 0.2) is 0 Å². The first kappa shape index (κ1) is 110. The summed E-state index contributed by atoms with van der Waals surface area (Å²) in [6, 6.07) is 43.7. The summed E-state index contributed by atoms with van der Waals surface area (Å²) < 4.78 is 11.2. The van der Waals surface area contributed by atoms with E-state index in [0.717, 1.165) is 0 Å². The molecule has 7 rings (SSSR count). The Kier molecular flexibility index (Phi) is 47.5. The monoisotopic (exact) mass is 1880 g/mol. The molecule has 0 bridgehead atoms. The van der Waals surface area contributed by atoms with Crippen molar-refractivity contribution >= 4 is 88.7 Å². The van der Waals surface area contributed by atoms with Crippen LogP contribution in [0.1, 0.15) is 192 Å². The van der Waals surface area contributed by atoms with Crippen molar-refractivity contribution in [2.75, 3.05) is 6.54 Å². The summed E-state index contributed by atoms with van der Waals surface area (Å²) in [6.45, 7) is 20.3. The van der Waals surface area contributed by atoms with Gasteiger partial charge in [0.1, 0.15) is 85.7 Å². The number of rotatable bonds is 58. The lowest BCUT2D eigenvalue weighted by Gasteiger charge is -2.30. The van der Waals surface area contributed by atoms with Gasteiger partial charge in [0, 0.05) is 51.5 Å². The highest BCUT2D eigenvalue weighted by atomic mass is 16.5. The first-order valence-corrected chi connectivity index (χ1v) is 47.6. The summed E-state index contributed by atoms with van der Waals surface area (Å²) in [5.41, 5.74) is 4.03. The minimum absolute atomic E-state index is 0.0221. The van der Waals surface area contributed by atoms with Crippen molar-refractivity contribution in [3.8, 4) is 12.3 Å². The van der Waals surface area contributed by atoms with Gasteiger partial charge in [-0.15, -0.1) is 12.3 Å². The smallest absolute Gasteiger partial charge is 0.308 e. The predicted molar refractivity (Wildman–Crippen MR) is 523 cm³/mol. The summed E-state index contributed by atoms with van der Waals surface area (Å²) in [4.78, 5) is 221. The number of hydrogen-bond donors (Lipinski definition) is 13. The van der Waals surface area contributed by atoms with Gasteiger partial charge in [-0.05, 0) is 113 Å². The van der Waals surface area contributed by atoms with E-state index in [1.54, 1.807) is 212 Å². The minimum Gasteiger partial charge on any atom is -0.461 e. The lowest BCUT2D eigenvalue weighted by molar-refractivity contribution is -0.149. The zero-order valence-electron chi connectivity index (χ0n) is 80.7. The summed E-state index contributed by atoms with van der Waals surface area (Å²) in [6.07, 6.45) is 5.78. The zero-order chi connectivity index (χ0) is 99.7. The second-order valence-electron chi connectivity index (χ2n) is 36.8. The molecule has 0 fully saturated rings. The Labute approximate surface area is 805 Å². The van der Waals surface area contributed by atoms with Gasteiger partial charge in [-0.2, -0.15) is 0 Å². The van der Waals surface area contributed by atoms with Gasteiger partial charge in [0.25, 0.3) is 0 Å². The topological polar surface area (TPSA) is 431 Å². The summed E-state index contributed by atoms with van der Waals surface area (Å²) in [7, 11) is 0. The van der Waals surface area contributed by atoms with Crippen LogP contribution in [-0.2, 0) is 127 Å². The third kappa shape index (κ3) is 41.5. The SMILES string of the molecule is C#CCCCC(=O)N[C@H](CC(C)C)C(=O)N[C@H](CC(C)C)C(=O)N[C@H](CC(C)C)C(=O)N[C@H](CC(C)C)C(=O)N[C@H](CC(C)C)C(=O)N[C@@H](Cc1ccccc1)C(=O)N[C@@H](Cc1ccccc1)C(=O)N[C@@H](Cc1ccccc1)C(=O)N[C@@H](Cc1ccccc1)C(=O)N[C@@H](Cc1ccccc1)C(=O)N[C@H](CC(=O)OCc1ccccc1)C(=O)N[C@@H](CC(=O)OCc1ccccc1)C(=O)NCCCC. The fourth-order valence-electron chi connectivity index (χ4n) is 15.3. The highest BCUT2D eigenvalue weighted by Crippen LogP contribution is 2.20. The molecular formula is C107H139N13O17. The molecule has 0 radical (unpaired) electrons. The van der Waals surface area contributed by atoms with Crippen LogP contribution in [0.2, 0.25) is 0 Å². The number of carbonyl (C=O) groups is 15. The predicted octanol–water partition coefficient (Wildman–Crippen LogP) is 9.23. The molecule has 0 aliphatic rings. The molecule has 0 saturated carbocycles. The van der Waals surface area contributed by atoms with E-state index < -0.39 is 168 Å². The van der Waals surface area contributed by atoms with Crippen LogP contribution in [0.25, 0.3) is 0 Å². The third-order valence-corrected chi connectivity index (χ3v) is 22.3. The molecule has 7 aromatic carbocycles. The summed E-state index contributed by atoms with van der Waals surface area (Å²) in [5, 5.41) is 36.6. The van der Waals surface area contributed by atoms with Crippen LogP contribution < -0.4 is 69.1 Å². The molecule has 734 valence electrons. The second-order valence-corrected chi connectivity index (χ2v) is 36.8. The van der Waals surface area contributed by atoms with Crippen molar-refractivity contribution in [2.24, 2.45) is 29.6 Å². The Bertz CT molecular complexity index is 5050. The Balaban J connectivity index is 1.17. The molecule has 0 heterocycles. The van der Waals surface area contributed by atoms with E-state index in [0.29, 0.717) is 64.6 Å². The Morgan fingerprint density at radius 1 is 0.263 bits per heavy atom. The summed E-state index contributed by atoms with van der Waals surface area (Å²) in [5.74, 6) is -10.3. The number of amides is 13. The van der Waals surface area contributed by atoms with Crippen molar-refractivity contribution < 1.29 is 81.4 Å². The molecule has 0 aromatic heterocycles. The van der Waals surface area contributed by atoms with E-state index in [1.165, 1.54) is 0 Å². The van der Waals surface area contributed by atoms with Crippen LogP contribution in [0.3, 0.4) is 0 Å². The largest absolute Gasteiger partial charge is 0.461 e. The number of ether oxygens (including phenoxy) is 2. The highest BCUT2D eigenvalue weighted by molar-refractivity contribution is 6.01. The maximum absolute atomic E-state index is 15.7. The third-order valence-electron chi connectivity index (χ3n) is 22.3. The van der Waals surface area contributed by atoms with Crippen LogP contribution in [0, 0.1) is 41.9 Å². The van der Waals surface area contributed by atoms with Crippen molar-refractivity contribution in [3.05, 3.63) is 251 Å². The molecule has 30 nitrogen and oxygen atoms in total. The normalized spacial score (nSPS) is 13.8. The molecule has 137 heavy (non-hydrogen) atoms. The average molecular weight is 1880 g/mol. The van der Waals surface area contributed by atoms with Gasteiger partial charge >= 0.3 is 11.9 Å². The fourth-order valence-corrected chi connectivity index (χ4v) is 15.3. The number of esters is 2. The Hall–Kier alpha value is -13.9.